The van der Waals surface area contributed by atoms with E-state index in [-0.39, 0.29) is 16.8 Å². The van der Waals surface area contributed by atoms with Gasteiger partial charge in [0.15, 0.2) is 5.82 Å². The summed E-state index contributed by atoms with van der Waals surface area (Å²) in [7, 11) is -3.82. The molecule has 0 saturated heterocycles. The highest BCUT2D eigenvalue weighted by Crippen LogP contribution is 2.29. The lowest BCUT2D eigenvalue weighted by Crippen LogP contribution is -2.18. The second-order valence-electron chi connectivity index (χ2n) is 6.63. The predicted octanol–water partition coefficient (Wildman–Crippen LogP) is 3.15. The van der Waals surface area contributed by atoms with Gasteiger partial charge in [-0.3, -0.25) is 4.79 Å². The van der Waals surface area contributed by atoms with Crippen LogP contribution in [-0.4, -0.2) is 24.3 Å². The molecule has 154 valence electrons. The number of aryl methyl sites for hydroxylation is 1. The minimum atomic E-state index is -3.82. The van der Waals surface area contributed by atoms with Crippen LogP contribution in [0.1, 0.15) is 12.0 Å². The molecule has 30 heavy (non-hydrogen) atoms. The van der Waals surface area contributed by atoms with Gasteiger partial charge in [-0.1, -0.05) is 17.7 Å². The molecule has 9 nitrogen and oxygen atoms in total. The van der Waals surface area contributed by atoms with E-state index in [1.807, 2.05) is 18.2 Å². The third-order valence-corrected chi connectivity index (χ3v) is 5.61. The van der Waals surface area contributed by atoms with Gasteiger partial charge in [0.2, 0.25) is 21.9 Å². The summed E-state index contributed by atoms with van der Waals surface area (Å²) >= 11 is 6.23. The van der Waals surface area contributed by atoms with Gasteiger partial charge in [-0.05, 0) is 48.4 Å². The van der Waals surface area contributed by atoms with Crippen LogP contribution < -0.4 is 21.1 Å². The first-order chi connectivity index (χ1) is 14.3. The van der Waals surface area contributed by atoms with Crippen molar-refractivity contribution in [1.29, 1.82) is 0 Å². The maximum absolute atomic E-state index is 11.5. The summed E-state index contributed by atoms with van der Waals surface area (Å²) in [5.41, 5.74) is 3.03. The van der Waals surface area contributed by atoms with Crippen LogP contribution in [-0.2, 0) is 21.2 Å². The Hall–Kier alpha value is -3.21. The van der Waals surface area contributed by atoms with Crippen LogP contribution in [0.5, 0.6) is 0 Å². The van der Waals surface area contributed by atoms with Crippen LogP contribution >= 0.6 is 11.6 Å². The number of carbonyl (C=O) groups excluding carboxylic acids is 1. The molecule has 1 aliphatic heterocycles. The highest BCUT2D eigenvalue weighted by Gasteiger charge is 2.15. The molecule has 0 saturated carbocycles. The number of halogens is 1. The summed E-state index contributed by atoms with van der Waals surface area (Å²) in [6.45, 7) is 0. The van der Waals surface area contributed by atoms with Crippen LogP contribution in [0.25, 0.3) is 0 Å². The number of sulfonamides is 1. The van der Waals surface area contributed by atoms with Crippen molar-refractivity contribution in [3.63, 3.8) is 0 Å². The summed E-state index contributed by atoms with van der Waals surface area (Å²) in [4.78, 5) is 20.0. The quantitative estimate of drug-likeness (QED) is 0.474. The predicted molar refractivity (Wildman–Crippen MR) is 115 cm³/mol. The van der Waals surface area contributed by atoms with Gasteiger partial charge in [0.1, 0.15) is 5.02 Å². The SMILES string of the molecule is NS(=O)(=O)c1cccc(Nc2ncc(Cl)c(Nc3ccc4c(c3)CCC(=O)N4)n2)c1. The van der Waals surface area contributed by atoms with Gasteiger partial charge >= 0.3 is 0 Å². The molecule has 1 amide bonds. The lowest BCUT2D eigenvalue weighted by molar-refractivity contribution is -0.116. The fraction of sp³-hybridized carbons (Fsp3) is 0.105. The number of carbonyl (C=O) groups is 1. The van der Waals surface area contributed by atoms with Crippen molar-refractivity contribution in [3.05, 3.63) is 59.2 Å². The summed E-state index contributed by atoms with van der Waals surface area (Å²) in [6.07, 6.45) is 2.53. The fourth-order valence-corrected chi connectivity index (χ4v) is 3.69. The van der Waals surface area contributed by atoms with E-state index in [0.29, 0.717) is 29.4 Å². The van der Waals surface area contributed by atoms with Gasteiger partial charge in [-0.2, -0.15) is 4.98 Å². The van der Waals surface area contributed by atoms with Crippen molar-refractivity contribution in [3.8, 4) is 0 Å². The molecule has 0 spiro atoms. The van der Waals surface area contributed by atoms with E-state index in [4.69, 9.17) is 16.7 Å². The standard InChI is InChI=1S/C19H17ClN6O3S/c20-15-10-22-19(24-12-2-1-3-14(9-12)30(21,28)29)26-18(15)23-13-5-6-16-11(8-13)4-7-17(27)25-16/h1-3,5-6,8-10H,4,7H2,(H,25,27)(H2,21,28,29)(H2,22,23,24,26). The molecule has 0 bridgehead atoms. The first-order valence-electron chi connectivity index (χ1n) is 8.90. The Morgan fingerprint density at radius 1 is 1.07 bits per heavy atom. The molecule has 2 aromatic carbocycles. The number of nitrogens with two attached hydrogens (primary N) is 1. The third-order valence-electron chi connectivity index (χ3n) is 4.43. The Kier molecular flexibility index (Phi) is 5.29. The summed E-state index contributed by atoms with van der Waals surface area (Å²) in [5, 5.41) is 14.4. The smallest absolute Gasteiger partial charge is 0.238 e. The van der Waals surface area contributed by atoms with Gasteiger partial charge < -0.3 is 16.0 Å². The number of amides is 1. The van der Waals surface area contributed by atoms with Crippen molar-refractivity contribution in [1.82, 2.24) is 9.97 Å². The van der Waals surface area contributed by atoms with E-state index < -0.39 is 10.0 Å². The van der Waals surface area contributed by atoms with Crippen molar-refractivity contribution in [2.24, 2.45) is 5.14 Å². The van der Waals surface area contributed by atoms with Crippen molar-refractivity contribution < 1.29 is 13.2 Å². The minimum absolute atomic E-state index is 0.00396. The molecule has 2 heterocycles. The monoisotopic (exact) mass is 444 g/mol. The molecular weight excluding hydrogens is 428 g/mol. The van der Waals surface area contributed by atoms with E-state index in [1.165, 1.54) is 18.3 Å². The number of hydrogen-bond acceptors (Lipinski definition) is 7. The van der Waals surface area contributed by atoms with Crippen LogP contribution in [0, 0.1) is 0 Å². The molecule has 5 N–H and O–H groups in total. The molecule has 0 fully saturated rings. The van der Waals surface area contributed by atoms with Gasteiger partial charge in [-0.15, -0.1) is 0 Å². The molecule has 1 aliphatic rings. The topological polar surface area (TPSA) is 139 Å². The lowest BCUT2D eigenvalue weighted by Gasteiger charge is -2.18. The van der Waals surface area contributed by atoms with Gasteiger partial charge in [0.25, 0.3) is 0 Å². The first kappa shape index (κ1) is 20.1. The van der Waals surface area contributed by atoms with E-state index in [0.717, 1.165) is 16.9 Å². The minimum Gasteiger partial charge on any atom is -0.339 e. The molecule has 1 aromatic heterocycles. The van der Waals surface area contributed by atoms with E-state index in [9.17, 15) is 13.2 Å². The number of benzene rings is 2. The average molecular weight is 445 g/mol. The van der Waals surface area contributed by atoms with Crippen LogP contribution in [0.2, 0.25) is 5.02 Å². The number of anilines is 5. The summed E-state index contributed by atoms with van der Waals surface area (Å²) < 4.78 is 23.1. The van der Waals surface area contributed by atoms with Crippen molar-refractivity contribution in [2.45, 2.75) is 17.7 Å². The zero-order chi connectivity index (χ0) is 21.3. The van der Waals surface area contributed by atoms with Crippen LogP contribution in [0.3, 0.4) is 0 Å². The first-order valence-corrected chi connectivity index (χ1v) is 10.8. The molecular formula is C19H17ClN6O3S. The highest BCUT2D eigenvalue weighted by atomic mass is 35.5. The van der Waals surface area contributed by atoms with Gasteiger partial charge in [-0.25, -0.2) is 18.5 Å². The van der Waals surface area contributed by atoms with Crippen molar-refractivity contribution in [2.75, 3.05) is 16.0 Å². The molecule has 0 aliphatic carbocycles. The second-order valence-corrected chi connectivity index (χ2v) is 8.60. The van der Waals surface area contributed by atoms with E-state index >= 15 is 0 Å². The number of fused-ring (bicyclic) bond motifs is 1. The Bertz CT molecular complexity index is 1250. The average Bonchev–Trinajstić information content (AvgIpc) is 2.70. The Balaban J connectivity index is 1.56. The zero-order valence-electron chi connectivity index (χ0n) is 15.5. The largest absolute Gasteiger partial charge is 0.339 e. The maximum atomic E-state index is 11.5. The number of primary sulfonamides is 1. The van der Waals surface area contributed by atoms with Crippen LogP contribution in [0.4, 0.5) is 28.8 Å². The molecule has 11 heteroatoms. The molecule has 4 rings (SSSR count). The summed E-state index contributed by atoms with van der Waals surface area (Å²) in [5.74, 6) is 0.597. The normalized spacial score (nSPS) is 13.3. The number of nitrogens with one attached hydrogen (secondary N) is 3. The van der Waals surface area contributed by atoms with Crippen molar-refractivity contribution >= 4 is 56.4 Å². The lowest BCUT2D eigenvalue weighted by atomic mass is 10.0. The third kappa shape index (κ3) is 4.51. The van der Waals surface area contributed by atoms with Gasteiger partial charge in [0.05, 0.1) is 11.1 Å². The van der Waals surface area contributed by atoms with E-state index in [1.54, 1.807) is 12.1 Å². The highest BCUT2D eigenvalue weighted by molar-refractivity contribution is 7.89. The number of rotatable bonds is 5. The van der Waals surface area contributed by atoms with Gasteiger partial charge in [0, 0.05) is 23.5 Å². The summed E-state index contributed by atoms with van der Waals surface area (Å²) in [6, 6.07) is 11.6. The zero-order valence-corrected chi connectivity index (χ0v) is 17.1. The Morgan fingerprint density at radius 2 is 1.87 bits per heavy atom. The Morgan fingerprint density at radius 3 is 2.67 bits per heavy atom. The second kappa shape index (κ2) is 7.90. The molecule has 0 unspecified atom stereocenters. The number of hydrogen-bond donors (Lipinski definition) is 4. The van der Waals surface area contributed by atoms with E-state index in [2.05, 4.69) is 25.9 Å². The molecule has 3 aromatic rings. The fourth-order valence-electron chi connectivity index (χ4n) is 2.99. The number of aromatic nitrogens is 2. The maximum Gasteiger partial charge on any atom is 0.238 e. The molecule has 0 radical (unpaired) electrons. The Labute approximate surface area is 177 Å². The van der Waals surface area contributed by atoms with Crippen LogP contribution in [0.15, 0.2) is 53.6 Å². The number of nitrogens with zero attached hydrogens (tertiary/aromatic N) is 2. The molecule has 0 atom stereocenters.